The van der Waals surface area contributed by atoms with Gasteiger partial charge in [-0.3, -0.25) is 19.2 Å². The van der Waals surface area contributed by atoms with Crippen molar-refractivity contribution < 1.29 is 28.7 Å². The normalized spacial score (nSPS) is 10.7. The van der Waals surface area contributed by atoms with Crippen LogP contribution in [0.15, 0.2) is 0 Å². The molecule has 10 heteroatoms. The van der Waals surface area contributed by atoms with Gasteiger partial charge in [-0.25, -0.2) is 0 Å². The highest BCUT2D eigenvalue weighted by Crippen LogP contribution is 2.05. The van der Waals surface area contributed by atoms with E-state index in [1.54, 1.807) is 0 Å². The molecule has 0 unspecified atom stereocenters. The molecule has 0 rings (SSSR count). The van der Waals surface area contributed by atoms with Gasteiger partial charge in [-0.05, 0) is 72.1 Å². The van der Waals surface area contributed by atoms with Gasteiger partial charge in [-0.1, -0.05) is 77.1 Å². The van der Waals surface area contributed by atoms with Crippen LogP contribution in [-0.2, 0) is 28.7 Å². The molecule has 304 valence electrons. The van der Waals surface area contributed by atoms with Crippen LogP contribution >= 0.6 is 0 Å². The van der Waals surface area contributed by atoms with Gasteiger partial charge in [0, 0.05) is 77.5 Å². The van der Waals surface area contributed by atoms with Crippen molar-refractivity contribution in [1.29, 1.82) is 0 Å². The predicted octanol–water partition coefficient (Wildman–Crippen LogP) is 7.19. The van der Waals surface area contributed by atoms with E-state index in [2.05, 4.69) is 58.0 Å². The molecule has 2 amide bonds. The van der Waals surface area contributed by atoms with E-state index in [1.165, 1.54) is 38.5 Å². The Morgan fingerprint density at radius 3 is 1.26 bits per heavy atom. The molecule has 0 radical (unpaired) electrons. The van der Waals surface area contributed by atoms with Gasteiger partial charge in [0.25, 0.3) is 0 Å². The second-order valence-electron chi connectivity index (χ2n) is 14.1. The van der Waals surface area contributed by atoms with Crippen molar-refractivity contribution in [2.75, 3.05) is 66.6 Å². The molecular formula is C43H76N4O6. The number of rotatable bonds is 34. The standard InChI is InChI=1S/C43H76N4O6/c1-5-7-9-11-13-15-17-25-38-52-42(50)28-21-19-23-32-44-40(48)30-36-46(3)34-27-35-47(4)37-31-41(49)45-33-24-20-22-29-43(51)53-39-26-18-16-14-12-10-8-6-2/h5-14,19-39H2,1-4H3,(H,44,48)(H,45,49). The summed E-state index contributed by atoms with van der Waals surface area (Å²) in [5.74, 6) is 12.2. The average molecular weight is 745 g/mol. The van der Waals surface area contributed by atoms with E-state index >= 15 is 0 Å². The van der Waals surface area contributed by atoms with Crippen LogP contribution in [0.1, 0.15) is 162 Å². The Labute approximate surface area is 324 Å². The van der Waals surface area contributed by atoms with E-state index in [4.69, 9.17) is 9.47 Å². The highest BCUT2D eigenvalue weighted by molar-refractivity contribution is 5.76. The van der Waals surface area contributed by atoms with Crippen LogP contribution in [0.25, 0.3) is 0 Å². The summed E-state index contributed by atoms with van der Waals surface area (Å²) in [6.45, 7) is 9.52. The first kappa shape index (κ1) is 49.9. The van der Waals surface area contributed by atoms with Gasteiger partial charge < -0.3 is 29.9 Å². The van der Waals surface area contributed by atoms with Crippen LogP contribution < -0.4 is 10.6 Å². The molecule has 0 aromatic carbocycles. The third-order valence-electron chi connectivity index (χ3n) is 8.82. The van der Waals surface area contributed by atoms with Crippen molar-refractivity contribution in [1.82, 2.24) is 20.4 Å². The summed E-state index contributed by atoms with van der Waals surface area (Å²) < 4.78 is 10.5. The number of ether oxygens (including phenoxy) is 2. The number of carbonyl (C=O) groups excluding carboxylic acids is 4. The summed E-state index contributed by atoms with van der Waals surface area (Å²) in [7, 11) is 4.05. The Balaban J connectivity index is 3.64. The van der Waals surface area contributed by atoms with Gasteiger partial charge >= 0.3 is 11.9 Å². The maximum Gasteiger partial charge on any atom is 0.305 e. The number of unbranched alkanes of at least 4 members (excludes halogenated alkanes) is 12. The molecular weight excluding hydrogens is 668 g/mol. The lowest BCUT2D eigenvalue weighted by Gasteiger charge is -2.20. The quantitative estimate of drug-likeness (QED) is 0.0404. The van der Waals surface area contributed by atoms with Crippen LogP contribution in [0.4, 0.5) is 0 Å². The molecule has 0 aromatic heterocycles. The van der Waals surface area contributed by atoms with Crippen molar-refractivity contribution in [3.05, 3.63) is 0 Å². The second kappa shape index (κ2) is 38.6. The molecule has 0 aliphatic heterocycles. The minimum absolute atomic E-state index is 0.0495. The molecule has 0 aliphatic carbocycles. The monoisotopic (exact) mass is 745 g/mol. The molecule has 0 fully saturated rings. The molecule has 0 atom stereocenters. The predicted molar refractivity (Wildman–Crippen MR) is 216 cm³/mol. The van der Waals surface area contributed by atoms with Crippen LogP contribution in [0.5, 0.6) is 0 Å². The average Bonchev–Trinajstić information content (AvgIpc) is 3.14. The Bertz CT molecular complexity index is 978. The maximum absolute atomic E-state index is 12.2. The van der Waals surface area contributed by atoms with Crippen LogP contribution in [0, 0.1) is 23.7 Å². The van der Waals surface area contributed by atoms with Gasteiger partial charge in [0.2, 0.25) is 11.8 Å². The lowest BCUT2D eigenvalue weighted by atomic mass is 10.1. The number of hydrogen-bond donors (Lipinski definition) is 2. The fourth-order valence-electron chi connectivity index (χ4n) is 5.40. The summed E-state index contributed by atoms with van der Waals surface area (Å²) in [6.07, 6.45) is 20.4. The Morgan fingerprint density at radius 1 is 0.453 bits per heavy atom. The van der Waals surface area contributed by atoms with Gasteiger partial charge in [0.15, 0.2) is 0 Å². The Kier molecular flexibility index (Phi) is 36.4. The Hall–Kier alpha value is -3.08. The van der Waals surface area contributed by atoms with Crippen LogP contribution in [0.2, 0.25) is 0 Å². The smallest absolute Gasteiger partial charge is 0.305 e. The Morgan fingerprint density at radius 2 is 0.849 bits per heavy atom. The topological polar surface area (TPSA) is 117 Å². The summed E-state index contributed by atoms with van der Waals surface area (Å²) in [6, 6.07) is 0. The van der Waals surface area contributed by atoms with E-state index in [1.807, 2.05) is 14.1 Å². The zero-order valence-corrected chi connectivity index (χ0v) is 34.3. The van der Waals surface area contributed by atoms with Crippen molar-refractivity contribution >= 4 is 23.8 Å². The largest absolute Gasteiger partial charge is 0.465 e. The van der Waals surface area contributed by atoms with Gasteiger partial charge in [0.1, 0.15) is 13.2 Å². The lowest BCUT2D eigenvalue weighted by molar-refractivity contribution is -0.144. The SMILES string of the molecule is CCCCCCC#CCCOC(=O)CCCCCNC(=O)CCN(C)CCCN(C)CCC(=O)NCCCCCC(=O)OCCC#CCCCCCC. The molecule has 0 aromatic rings. The summed E-state index contributed by atoms with van der Waals surface area (Å²) in [5, 5.41) is 5.96. The number of carbonyl (C=O) groups is 4. The number of nitrogens with zero attached hydrogens (tertiary/aromatic N) is 2. The first-order valence-corrected chi connectivity index (χ1v) is 20.9. The van der Waals surface area contributed by atoms with E-state index < -0.39 is 0 Å². The van der Waals surface area contributed by atoms with Gasteiger partial charge in [-0.2, -0.15) is 0 Å². The molecule has 10 nitrogen and oxygen atoms in total. The molecule has 0 bridgehead atoms. The first-order valence-electron chi connectivity index (χ1n) is 20.9. The number of hydrogen-bond acceptors (Lipinski definition) is 8. The van der Waals surface area contributed by atoms with E-state index in [0.717, 1.165) is 83.7 Å². The minimum atomic E-state index is -0.172. The molecule has 0 saturated heterocycles. The maximum atomic E-state index is 12.2. The molecule has 2 N–H and O–H groups in total. The summed E-state index contributed by atoms with van der Waals surface area (Å²) in [4.78, 5) is 52.5. The van der Waals surface area contributed by atoms with E-state index in [-0.39, 0.29) is 23.8 Å². The zero-order chi connectivity index (χ0) is 39.0. The van der Waals surface area contributed by atoms with Crippen molar-refractivity contribution in [3.63, 3.8) is 0 Å². The molecule has 0 heterocycles. The van der Waals surface area contributed by atoms with Crippen molar-refractivity contribution in [2.45, 2.75) is 162 Å². The van der Waals surface area contributed by atoms with Crippen molar-refractivity contribution in [2.24, 2.45) is 0 Å². The summed E-state index contributed by atoms with van der Waals surface area (Å²) in [5.41, 5.74) is 0. The zero-order valence-electron chi connectivity index (χ0n) is 34.3. The lowest BCUT2D eigenvalue weighted by Crippen LogP contribution is -2.32. The molecule has 53 heavy (non-hydrogen) atoms. The number of amides is 2. The minimum Gasteiger partial charge on any atom is -0.465 e. The number of esters is 2. The van der Waals surface area contributed by atoms with Gasteiger partial charge in [0.05, 0.1) is 0 Å². The summed E-state index contributed by atoms with van der Waals surface area (Å²) >= 11 is 0. The number of nitrogens with one attached hydrogen (secondary N) is 2. The van der Waals surface area contributed by atoms with Crippen molar-refractivity contribution in [3.8, 4) is 23.7 Å². The first-order chi connectivity index (χ1) is 25.8. The van der Waals surface area contributed by atoms with Crippen LogP contribution in [-0.4, -0.2) is 100 Å². The second-order valence-corrected chi connectivity index (χ2v) is 14.1. The molecule has 0 aliphatic rings. The third-order valence-corrected chi connectivity index (χ3v) is 8.82. The molecule has 0 saturated carbocycles. The molecule has 0 spiro atoms. The third kappa shape index (κ3) is 38.5. The highest BCUT2D eigenvalue weighted by Gasteiger charge is 2.08. The van der Waals surface area contributed by atoms with Crippen LogP contribution in [0.3, 0.4) is 0 Å². The van der Waals surface area contributed by atoms with E-state index in [0.29, 0.717) is 77.9 Å². The fraction of sp³-hybridized carbons (Fsp3) is 0.814. The van der Waals surface area contributed by atoms with Gasteiger partial charge in [-0.15, -0.1) is 11.8 Å². The highest BCUT2D eigenvalue weighted by atomic mass is 16.5. The van der Waals surface area contributed by atoms with E-state index in [9.17, 15) is 19.2 Å². The fourth-order valence-corrected chi connectivity index (χ4v) is 5.40.